The number of hydrogen-bond acceptors (Lipinski definition) is 4. The molecule has 2 N–H and O–H groups in total. The van der Waals surface area contributed by atoms with E-state index in [4.69, 9.17) is 10.00 Å². The molecule has 0 fully saturated rings. The first kappa shape index (κ1) is 13.8. The van der Waals surface area contributed by atoms with Crippen molar-refractivity contribution < 1.29 is 9.53 Å². The van der Waals surface area contributed by atoms with Gasteiger partial charge in [0.25, 0.3) is 5.91 Å². The summed E-state index contributed by atoms with van der Waals surface area (Å²) in [6, 6.07) is 5.08. The van der Waals surface area contributed by atoms with Gasteiger partial charge in [-0.05, 0) is 12.1 Å². The van der Waals surface area contributed by atoms with Crippen LogP contribution in [0.4, 0.5) is 0 Å². The van der Waals surface area contributed by atoms with E-state index in [1.807, 2.05) is 12.3 Å². The molecular weight excluding hydrogens is 258 g/mol. The summed E-state index contributed by atoms with van der Waals surface area (Å²) in [5.41, 5.74) is 1.64. The minimum absolute atomic E-state index is 0.254. The summed E-state index contributed by atoms with van der Waals surface area (Å²) in [7, 11) is 1.64. The van der Waals surface area contributed by atoms with E-state index >= 15 is 0 Å². The Balaban J connectivity index is 1.87. The van der Waals surface area contributed by atoms with Crippen molar-refractivity contribution in [2.75, 3.05) is 13.7 Å². The zero-order chi connectivity index (χ0) is 14.4. The van der Waals surface area contributed by atoms with Gasteiger partial charge in [-0.1, -0.05) is 0 Å². The molecular formula is C13H15N5O2. The van der Waals surface area contributed by atoms with E-state index < -0.39 is 0 Å². The van der Waals surface area contributed by atoms with E-state index in [1.54, 1.807) is 30.1 Å². The van der Waals surface area contributed by atoms with Crippen LogP contribution in [0.5, 0.6) is 0 Å². The lowest BCUT2D eigenvalue weighted by molar-refractivity contribution is 0.0946. The van der Waals surface area contributed by atoms with Crippen LogP contribution in [0, 0.1) is 11.3 Å². The number of aromatic nitrogens is 3. The molecule has 0 spiro atoms. The fourth-order valence-electron chi connectivity index (χ4n) is 1.68. The van der Waals surface area contributed by atoms with Crippen LogP contribution in [-0.2, 0) is 17.8 Å². The van der Waals surface area contributed by atoms with Gasteiger partial charge in [0, 0.05) is 25.4 Å². The highest BCUT2D eigenvalue weighted by molar-refractivity contribution is 5.92. The third-order valence-electron chi connectivity index (χ3n) is 2.72. The lowest BCUT2D eigenvalue weighted by Gasteiger charge is -2.01. The number of nitrogens with zero attached hydrogens (tertiary/aromatic N) is 3. The number of rotatable bonds is 6. The average molecular weight is 273 g/mol. The summed E-state index contributed by atoms with van der Waals surface area (Å²) in [5, 5.41) is 15.6. The number of amides is 1. The molecule has 1 amide bonds. The van der Waals surface area contributed by atoms with Crippen LogP contribution in [-0.4, -0.2) is 34.4 Å². The molecule has 0 unspecified atom stereocenters. The van der Waals surface area contributed by atoms with Gasteiger partial charge >= 0.3 is 0 Å². The molecule has 0 aliphatic heterocycles. The minimum atomic E-state index is -0.254. The molecule has 0 atom stereocenters. The quantitative estimate of drug-likeness (QED) is 0.808. The van der Waals surface area contributed by atoms with Gasteiger partial charge < -0.3 is 15.0 Å². The Kier molecular flexibility index (Phi) is 4.52. The van der Waals surface area contributed by atoms with Crippen molar-refractivity contribution in [3.8, 4) is 6.07 Å². The molecule has 0 aromatic carbocycles. The van der Waals surface area contributed by atoms with Crippen molar-refractivity contribution >= 4 is 5.91 Å². The first-order chi connectivity index (χ1) is 9.72. The highest BCUT2D eigenvalue weighted by Gasteiger charge is 2.08. The van der Waals surface area contributed by atoms with E-state index in [2.05, 4.69) is 15.4 Å². The van der Waals surface area contributed by atoms with E-state index in [0.717, 1.165) is 5.56 Å². The number of nitrogens with one attached hydrogen (secondary N) is 2. The van der Waals surface area contributed by atoms with Crippen LogP contribution in [0.15, 0.2) is 24.5 Å². The van der Waals surface area contributed by atoms with Gasteiger partial charge in [0.1, 0.15) is 17.5 Å². The number of nitriles is 1. The van der Waals surface area contributed by atoms with E-state index in [1.165, 1.54) is 0 Å². The van der Waals surface area contributed by atoms with Crippen LogP contribution < -0.4 is 5.32 Å². The van der Waals surface area contributed by atoms with Gasteiger partial charge in [-0.3, -0.25) is 9.48 Å². The fraction of sp³-hybridized carbons (Fsp3) is 0.308. The zero-order valence-corrected chi connectivity index (χ0v) is 11.1. The monoisotopic (exact) mass is 273 g/mol. The van der Waals surface area contributed by atoms with Gasteiger partial charge in [-0.25, -0.2) is 0 Å². The van der Waals surface area contributed by atoms with Crippen molar-refractivity contribution in [2.24, 2.45) is 0 Å². The number of hydrogen-bond donors (Lipinski definition) is 2. The Labute approximate surface area is 116 Å². The molecule has 2 rings (SSSR count). The normalized spacial score (nSPS) is 10.2. The first-order valence-electron chi connectivity index (χ1n) is 6.10. The van der Waals surface area contributed by atoms with Crippen LogP contribution in [0.3, 0.4) is 0 Å². The SMILES string of the molecule is COCCn1cc(CNC(=O)c2ccc(C#N)[nH]2)cn1. The minimum Gasteiger partial charge on any atom is -0.383 e. The zero-order valence-electron chi connectivity index (χ0n) is 11.1. The van der Waals surface area contributed by atoms with Crippen LogP contribution >= 0.6 is 0 Å². The maximum Gasteiger partial charge on any atom is 0.267 e. The smallest absolute Gasteiger partial charge is 0.267 e. The predicted octanol–water partition coefficient (Wildman–Crippen LogP) is 0.659. The Morgan fingerprint density at radius 1 is 1.60 bits per heavy atom. The molecule has 7 nitrogen and oxygen atoms in total. The number of methoxy groups -OCH3 is 1. The van der Waals surface area contributed by atoms with Crippen LogP contribution in [0.1, 0.15) is 21.7 Å². The second kappa shape index (κ2) is 6.54. The molecule has 7 heteroatoms. The first-order valence-corrected chi connectivity index (χ1v) is 6.10. The Morgan fingerprint density at radius 2 is 2.45 bits per heavy atom. The van der Waals surface area contributed by atoms with E-state index in [-0.39, 0.29) is 5.91 Å². The molecule has 0 saturated heterocycles. The van der Waals surface area contributed by atoms with Crippen LogP contribution in [0.25, 0.3) is 0 Å². The second-order valence-electron chi connectivity index (χ2n) is 4.18. The highest BCUT2D eigenvalue weighted by atomic mass is 16.5. The summed E-state index contributed by atoms with van der Waals surface area (Å²) in [6.45, 7) is 1.65. The third-order valence-corrected chi connectivity index (χ3v) is 2.72. The summed E-state index contributed by atoms with van der Waals surface area (Å²) in [5.74, 6) is -0.254. The summed E-state index contributed by atoms with van der Waals surface area (Å²) in [6.07, 6.45) is 3.56. The maximum atomic E-state index is 11.8. The molecule has 0 radical (unpaired) electrons. The second-order valence-corrected chi connectivity index (χ2v) is 4.18. The fourth-order valence-corrected chi connectivity index (χ4v) is 1.68. The van der Waals surface area contributed by atoms with Gasteiger partial charge in [0.2, 0.25) is 0 Å². The van der Waals surface area contributed by atoms with Gasteiger partial charge in [0.15, 0.2) is 0 Å². The molecule has 0 aliphatic carbocycles. The van der Waals surface area contributed by atoms with Gasteiger partial charge in [-0.2, -0.15) is 10.4 Å². The van der Waals surface area contributed by atoms with Crippen molar-refractivity contribution in [3.05, 3.63) is 41.5 Å². The number of carbonyl (C=O) groups is 1. The maximum absolute atomic E-state index is 11.8. The molecule has 0 aliphatic rings. The highest BCUT2D eigenvalue weighted by Crippen LogP contribution is 2.02. The molecule has 104 valence electrons. The largest absolute Gasteiger partial charge is 0.383 e. The number of aromatic amines is 1. The summed E-state index contributed by atoms with van der Waals surface area (Å²) in [4.78, 5) is 14.5. The topological polar surface area (TPSA) is 95.7 Å². The van der Waals surface area contributed by atoms with Gasteiger partial charge in [-0.15, -0.1) is 0 Å². The van der Waals surface area contributed by atoms with Crippen molar-refractivity contribution in [1.29, 1.82) is 5.26 Å². The van der Waals surface area contributed by atoms with Crippen molar-refractivity contribution in [2.45, 2.75) is 13.1 Å². The third kappa shape index (κ3) is 3.46. The number of carbonyl (C=O) groups excluding carboxylic acids is 1. The van der Waals surface area contributed by atoms with Crippen LogP contribution in [0.2, 0.25) is 0 Å². The van der Waals surface area contributed by atoms with Crippen molar-refractivity contribution in [1.82, 2.24) is 20.1 Å². The Bertz CT molecular complexity index is 623. The molecule has 0 bridgehead atoms. The molecule has 2 aromatic heterocycles. The van der Waals surface area contributed by atoms with Gasteiger partial charge in [0.05, 0.1) is 19.3 Å². The Morgan fingerprint density at radius 3 is 3.15 bits per heavy atom. The average Bonchev–Trinajstić information content (AvgIpc) is 3.11. The predicted molar refractivity (Wildman–Crippen MR) is 70.8 cm³/mol. The number of ether oxygens (including phenoxy) is 1. The number of H-pyrrole nitrogens is 1. The summed E-state index contributed by atoms with van der Waals surface area (Å²) < 4.78 is 6.72. The molecule has 0 saturated carbocycles. The van der Waals surface area contributed by atoms with Crippen molar-refractivity contribution in [3.63, 3.8) is 0 Å². The standard InChI is InChI=1S/C13H15N5O2/c1-20-5-4-18-9-10(8-16-18)7-15-13(19)12-3-2-11(6-14)17-12/h2-3,8-9,17H,4-5,7H2,1H3,(H,15,19). The van der Waals surface area contributed by atoms with E-state index in [0.29, 0.717) is 31.1 Å². The molecule has 2 heterocycles. The molecule has 2 aromatic rings. The lowest BCUT2D eigenvalue weighted by atomic mass is 10.3. The Hall–Kier alpha value is -2.59. The lowest BCUT2D eigenvalue weighted by Crippen LogP contribution is -2.22. The van der Waals surface area contributed by atoms with E-state index in [9.17, 15) is 4.79 Å². The molecule has 20 heavy (non-hydrogen) atoms. The summed E-state index contributed by atoms with van der Waals surface area (Å²) >= 11 is 0.